The summed E-state index contributed by atoms with van der Waals surface area (Å²) in [5.74, 6) is 5.26. The van der Waals surface area contributed by atoms with Crippen molar-refractivity contribution in [1.29, 1.82) is 0 Å². The zero-order valence-electron chi connectivity index (χ0n) is 5.81. The summed E-state index contributed by atoms with van der Waals surface area (Å²) in [7, 11) is 0. The lowest BCUT2D eigenvalue weighted by Crippen LogP contribution is -3.10. The normalized spacial score (nSPS) is 88.2. The predicted octanol–water partition coefficient (Wildman–Crippen LogP) is 0.383. The number of hydrogen-bond acceptors (Lipinski definition) is 2. The van der Waals surface area contributed by atoms with Crippen molar-refractivity contribution in [3.63, 3.8) is 0 Å². The third-order valence-electron chi connectivity index (χ3n) is 5.74. The van der Waals surface area contributed by atoms with Crippen LogP contribution >= 0.6 is 0 Å². The lowest BCUT2D eigenvalue weighted by atomic mass is 8.99. The number of nitro groups is 1. The van der Waals surface area contributed by atoms with Gasteiger partial charge in [0.25, 0.3) is 0 Å². The lowest BCUT2D eigenvalue weighted by Gasteiger charge is -3.02. The molecule has 6 aliphatic rings. The Kier molecular flexibility index (Phi) is 0.309. The maximum atomic E-state index is 10.8. The van der Waals surface area contributed by atoms with E-state index in [9.17, 15) is 10.1 Å². The highest BCUT2D eigenvalue weighted by molar-refractivity contribution is 5.51. The number of hydrogen-bond donors (Lipinski definition) is 0. The van der Waals surface area contributed by atoms with Gasteiger partial charge in [-0.25, -0.2) is 0 Å². The first-order valence-corrected chi connectivity index (χ1v) is 4.45. The van der Waals surface area contributed by atoms with Crippen LogP contribution < -0.4 is 0 Å². The van der Waals surface area contributed by atoms with E-state index in [0.29, 0.717) is 17.8 Å². The maximum absolute atomic E-state index is 10.8. The molecule has 0 aliphatic heterocycles. The summed E-state index contributed by atoms with van der Waals surface area (Å²) in [6.45, 7) is 0. The Hall–Kier alpha value is -0.600. The van der Waals surface area contributed by atoms with Gasteiger partial charge in [-0.2, -0.15) is 0 Å². The molecule has 0 unspecified atom stereocenters. The summed E-state index contributed by atoms with van der Waals surface area (Å²) >= 11 is 0. The van der Waals surface area contributed by atoms with Gasteiger partial charge in [0.15, 0.2) is 0 Å². The average molecular weight is 149 g/mol. The average Bonchev–Trinajstić information content (AvgIpc) is 2.05. The summed E-state index contributed by atoms with van der Waals surface area (Å²) in [6.07, 6.45) is 0. The third kappa shape index (κ3) is 0.146. The first-order chi connectivity index (χ1) is 5.31. The van der Waals surface area contributed by atoms with E-state index >= 15 is 0 Å². The van der Waals surface area contributed by atoms with Gasteiger partial charge in [-0.1, -0.05) is 0 Å². The van der Waals surface area contributed by atoms with Crippen molar-refractivity contribution in [2.75, 3.05) is 0 Å². The molecule has 56 valence electrons. The van der Waals surface area contributed by atoms with Crippen molar-refractivity contribution in [3.05, 3.63) is 10.1 Å². The standard InChI is InChI=1S/C8H7NO2/c10-9(11)8-5-2-1-3(5)7(8)4(1)6(2)8/h1-7H. The molecule has 0 atom stereocenters. The van der Waals surface area contributed by atoms with Gasteiger partial charge < -0.3 is 0 Å². The molecule has 0 radical (unpaired) electrons. The van der Waals surface area contributed by atoms with Gasteiger partial charge in [-0.3, -0.25) is 10.1 Å². The highest BCUT2D eigenvalue weighted by Gasteiger charge is 3.10. The Bertz CT molecular complexity index is 286. The van der Waals surface area contributed by atoms with Crippen molar-refractivity contribution in [1.82, 2.24) is 0 Å². The van der Waals surface area contributed by atoms with Gasteiger partial charge in [0, 0.05) is 22.7 Å². The molecular formula is C8H7NO2. The second-order valence-corrected chi connectivity index (χ2v) is 5.03. The molecular weight excluding hydrogens is 142 g/mol. The van der Waals surface area contributed by atoms with Crippen LogP contribution in [-0.2, 0) is 0 Å². The molecule has 0 amide bonds. The molecule has 6 aliphatic carbocycles. The quantitative estimate of drug-likeness (QED) is 0.399. The third-order valence-corrected chi connectivity index (χ3v) is 5.74. The fraction of sp³-hybridized carbons (Fsp3) is 1.00. The van der Waals surface area contributed by atoms with Crippen LogP contribution in [0.15, 0.2) is 0 Å². The summed E-state index contributed by atoms with van der Waals surface area (Å²) in [4.78, 5) is 10.9. The van der Waals surface area contributed by atoms with Crippen molar-refractivity contribution in [2.24, 2.45) is 41.4 Å². The highest BCUT2D eigenvalue weighted by Crippen LogP contribution is 3.02. The fourth-order valence-electron chi connectivity index (χ4n) is 5.74. The van der Waals surface area contributed by atoms with Crippen LogP contribution in [0.25, 0.3) is 0 Å². The van der Waals surface area contributed by atoms with Crippen molar-refractivity contribution >= 4 is 0 Å². The topological polar surface area (TPSA) is 43.1 Å². The molecule has 0 saturated heterocycles. The Morgan fingerprint density at radius 3 is 1.73 bits per heavy atom. The van der Waals surface area contributed by atoms with E-state index in [0.717, 1.165) is 23.7 Å². The molecule has 6 saturated carbocycles. The van der Waals surface area contributed by atoms with Crippen LogP contribution in [-0.4, -0.2) is 10.5 Å². The largest absolute Gasteiger partial charge is 0.264 e. The number of nitrogens with zero attached hydrogens (tertiary/aromatic N) is 1. The van der Waals surface area contributed by atoms with Crippen molar-refractivity contribution in [3.8, 4) is 0 Å². The Morgan fingerprint density at radius 2 is 1.45 bits per heavy atom. The van der Waals surface area contributed by atoms with Crippen LogP contribution in [0.2, 0.25) is 0 Å². The smallest absolute Gasteiger partial charge is 0.232 e. The Balaban J connectivity index is 1.78. The van der Waals surface area contributed by atoms with Crippen LogP contribution in [0.1, 0.15) is 0 Å². The van der Waals surface area contributed by atoms with E-state index in [2.05, 4.69) is 0 Å². The molecule has 0 N–H and O–H groups in total. The second kappa shape index (κ2) is 0.767. The van der Waals surface area contributed by atoms with Gasteiger partial charge in [0.2, 0.25) is 5.54 Å². The van der Waals surface area contributed by atoms with Gasteiger partial charge in [-0.05, 0) is 23.7 Å². The Labute approximate surface area is 62.9 Å². The van der Waals surface area contributed by atoms with E-state index in [1.165, 1.54) is 0 Å². The molecule has 0 bridgehead atoms. The molecule has 3 heteroatoms. The van der Waals surface area contributed by atoms with Gasteiger partial charge in [-0.15, -0.1) is 0 Å². The van der Waals surface area contributed by atoms with E-state index in [4.69, 9.17) is 0 Å². The summed E-state index contributed by atoms with van der Waals surface area (Å²) in [5.41, 5.74) is -0.311. The number of rotatable bonds is 1. The van der Waals surface area contributed by atoms with E-state index in [-0.39, 0.29) is 10.5 Å². The monoisotopic (exact) mass is 149 g/mol. The van der Waals surface area contributed by atoms with E-state index in [1.807, 2.05) is 0 Å². The zero-order chi connectivity index (χ0) is 7.12. The van der Waals surface area contributed by atoms with E-state index < -0.39 is 0 Å². The van der Waals surface area contributed by atoms with Crippen molar-refractivity contribution < 1.29 is 4.92 Å². The molecule has 3 nitrogen and oxygen atoms in total. The van der Waals surface area contributed by atoms with Gasteiger partial charge in [0.05, 0.1) is 0 Å². The lowest BCUT2D eigenvalue weighted by molar-refractivity contribution is -0.782. The summed E-state index contributed by atoms with van der Waals surface area (Å²) < 4.78 is 0. The molecule has 0 aromatic carbocycles. The molecule has 11 heavy (non-hydrogen) atoms. The van der Waals surface area contributed by atoms with Gasteiger partial charge in [0.1, 0.15) is 0 Å². The SMILES string of the molecule is O=[N+]([O-])C12C3C4C5C3C1C5C42. The first-order valence-electron chi connectivity index (χ1n) is 4.45. The van der Waals surface area contributed by atoms with Crippen molar-refractivity contribution in [2.45, 2.75) is 5.54 Å². The van der Waals surface area contributed by atoms with E-state index in [1.54, 1.807) is 0 Å². The molecule has 0 aromatic rings. The van der Waals surface area contributed by atoms with Crippen LogP contribution in [0.5, 0.6) is 0 Å². The van der Waals surface area contributed by atoms with Crippen LogP contribution in [0.4, 0.5) is 0 Å². The maximum Gasteiger partial charge on any atom is 0.232 e. The first kappa shape index (κ1) is 4.43. The Morgan fingerprint density at radius 1 is 1.00 bits per heavy atom. The molecule has 0 spiro atoms. The minimum Gasteiger partial charge on any atom is -0.264 e. The second-order valence-electron chi connectivity index (χ2n) is 5.03. The highest BCUT2D eigenvalue weighted by atomic mass is 16.6. The van der Waals surface area contributed by atoms with Gasteiger partial charge >= 0.3 is 0 Å². The molecule has 0 aromatic heterocycles. The fourth-order valence-corrected chi connectivity index (χ4v) is 5.74. The summed E-state index contributed by atoms with van der Waals surface area (Å²) in [6, 6.07) is 0. The minimum absolute atomic E-state index is 0.0614. The van der Waals surface area contributed by atoms with Crippen LogP contribution in [0.3, 0.4) is 0 Å². The van der Waals surface area contributed by atoms with Crippen LogP contribution in [0, 0.1) is 51.5 Å². The molecule has 6 fully saturated rings. The summed E-state index contributed by atoms with van der Waals surface area (Å²) in [5, 5.41) is 10.8. The molecule has 6 rings (SSSR count). The molecule has 0 heterocycles. The predicted molar refractivity (Wildman–Crippen MR) is 34.2 cm³/mol. The minimum atomic E-state index is -0.311. The zero-order valence-corrected chi connectivity index (χ0v) is 5.81.